The Hall–Kier alpha value is -2.07. The molecule has 0 aliphatic heterocycles. The Morgan fingerprint density at radius 2 is 2.00 bits per heavy atom. The molecule has 0 amide bonds. The predicted octanol–water partition coefficient (Wildman–Crippen LogP) is 1.21. The van der Waals surface area contributed by atoms with Crippen LogP contribution >= 0.6 is 0 Å². The van der Waals surface area contributed by atoms with Crippen molar-refractivity contribution in [2.24, 2.45) is 0 Å². The molecule has 7 heteroatoms. The van der Waals surface area contributed by atoms with Crippen LogP contribution in [0.2, 0.25) is 0 Å². The number of benzene rings is 1. The van der Waals surface area contributed by atoms with Crippen LogP contribution in [0.15, 0.2) is 30.3 Å². The highest BCUT2D eigenvalue weighted by Crippen LogP contribution is 2.20. The van der Waals surface area contributed by atoms with E-state index in [9.17, 15) is 13.2 Å². The van der Waals surface area contributed by atoms with Crippen molar-refractivity contribution >= 4 is 21.7 Å². The molecule has 0 radical (unpaired) electrons. The van der Waals surface area contributed by atoms with Gasteiger partial charge in [0, 0.05) is 6.54 Å². The highest BCUT2D eigenvalue weighted by atomic mass is 32.2. The van der Waals surface area contributed by atoms with E-state index in [1.165, 1.54) is 6.92 Å². The van der Waals surface area contributed by atoms with Crippen LogP contribution < -0.4 is 4.31 Å². The lowest BCUT2D eigenvalue weighted by Gasteiger charge is -2.24. The summed E-state index contributed by atoms with van der Waals surface area (Å²) in [5, 5.41) is 16.2. The van der Waals surface area contributed by atoms with Gasteiger partial charge in [-0.25, -0.2) is 8.42 Å². The van der Waals surface area contributed by atoms with Crippen LogP contribution in [0.25, 0.3) is 0 Å². The first kappa shape index (κ1) is 15.0. The minimum Gasteiger partial charge on any atom is -0.481 e. The van der Waals surface area contributed by atoms with Gasteiger partial charge in [0.25, 0.3) is 10.0 Å². The van der Waals surface area contributed by atoms with E-state index in [1.807, 2.05) is 0 Å². The van der Waals surface area contributed by atoms with Gasteiger partial charge in [-0.1, -0.05) is 18.2 Å². The molecule has 0 heterocycles. The smallest absolute Gasteiger partial charge is 0.305 e. The molecule has 0 spiro atoms. The Morgan fingerprint density at radius 1 is 1.42 bits per heavy atom. The number of carbonyl (C=O) groups is 1. The van der Waals surface area contributed by atoms with Crippen molar-refractivity contribution in [3.63, 3.8) is 0 Å². The second-order valence-corrected chi connectivity index (χ2v) is 6.05. The number of anilines is 1. The second kappa shape index (κ2) is 6.20. The van der Waals surface area contributed by atoms with Crippen molar-refractivity contribution in [1.82, 2.24) is 0 Å². The molecule has 0 aromatic heterocycles. The lowest BCUT2D eigenvalue weighted by atomic mass is 10.3. The van der Waals surface area contributed by atoms with Crippen LogP contribution in [0, 0.1) is 11.3 Å². The number of hydrogen-bond donors (Lipinski definition) is 1. The van der Waals surface area contributed by atoms with Crippen LogP contribution in [-0.2, 0) is 14.8 Å². The Morgan fingerprint density at radius 3 is 2.47 bits per heavy atom. The fourth-order valence-electron chi connectivity index (χ4n) is 1.45. The maximum Gasteiger partial charge on any atom is 0.305 e. The zero-order chi connectivity index (χ0) is 14.5. The third-order valence-electron chi connectivity index (χ3n) is 2.51. The van der Waals surface area contributed by atoms with Gasteiger partial charge in [-0.2, -0.15) is 5.26 Å². The first-order chi connectivity index (χ1) is 8.89. The molecule has 1 atom stereocenters. The zero-order valence-corrected chi connectivity index (χ0v) is 11.2. The van der Waals surface area contributed by atoms with Crippen molar-refractivity contribution < 1.29 is 18.3 Å². The molecule has 1 unspecified atom stereocenters. The quantitative estimate of drug-likeness (QED) is 0.845. The average Bonchev–Trinajstić information content (AvgIpc) is 2.38. The van der Waals surface area contributed by atoms with Crippen LogP contribution in [0.3, 0.4) is 0 Å². The van der Waals surface area contributed by atoms with Crippen LogP contribution in [0.5, 0.6) is 0 Å². The van der Waals surface area contributed by atoms with E-state index in [-0.39, 0.29) is 13.0 Å². The molecule has 0 saturated heterocycles. The molecule has 0 bridgehead atoms. The van der Waals surface area contributed by atoms with Crippen molar-refractivity contribution in [2.45, 2.75) is 18.6 Å². The molecule has 1 N–H and O–H groups in total. The summed E-state index contributed by atoms with van der Waals surface area (Å²) >= 11 is 0. The average molecular weight is 282 g/mol. The predicted molar refractivity (Wildman–Crippen MR) is 70.0 cm³/mol. The van der Waals surface area contributed by atoms with Gasteiger partial charge in [-0.15, -0.1) is 0 Å². The molecule has 19 heavy (non-hydrogen) atoms. The summed E-state index contributed by atoms with van der Waals surface area (Å²) in [5.74, 6) is -1.10. The Labute approximate surface area is 111 Å². The minimum atomic E-state index is -3.89. The zero-order valence-electron chi connectivity index (χ0n) is 10.4. The SMILES string of the molecule is CC(C#N)S(=O)(=O)N(CCC(=O)O)c1ccccc1. The lowest BCUT2D eigenvalue weighted by Crippen LogP contribution is -2.38. The van der Waals surface area contributed by atoms with Gasteiger partial charge in [-0.05, 0) is 19.1 Å². The third-order valence-corrected chi connectivity index (χ3v) is 4.52. The van der Waals surface area contributed by atoms with Gasteiger partial charge in [0.05, 0.1) is 18.2 Å². The summed E-state index contributed by atoms with van der Waals surface area (Å²) in [6.45, 7) is 1.07. The number of sulfonamides is 1. The molecule has 102 valence electrons. The lowest BCUT2D eigenvalue weighted by molar-refractivity contribution is -0.136. The van der Waals surface area contributed by atoms with Gasteiger partial charge in [0.2, 0.25) is 0 Å². The number of rotatable bonds is 6. The summed E-state index contributed by atoms with van der Waals surface area (Å²) in [4.78, 5) is 10.6. The number of carboxylic acid groups (broad SMARTS) is 1. The van der Waals surface area contributed by atoms with Gasteiger partial charge < -0.3 is 5.11 Å². The second-order valence-electron chi connectivity index (χ2n) is 3.87. The normalized spacial score (nSPS) is 12.4. The highest BCUT2D eigenvalue weighted by Gasteiger charge is 2.29. The van der Waals surface area contributed by atoms with E-state index in [4.69, 9.17) is 10.4 Å². The standard InChI is InChI=1S/C12H14N2O4S/c1-10(9-13)19(17,18)14(8-7-12(15)16)11-5-3-2-4-6-11/h2-6,10H,7-8H2,1H3,(H,15,16). The number of aliphatic carboxylic acids is 1. The topological polar surface area (TPSA) is 98.5 Å². The highest BCUT2D eigenvalue weighted by molar-refractivity contribution is 7.93. The van der Waals surface area contributed by atoms with E-state index in [2.05, 4.69) is 0 Å². The van der Waals surface area contributed by atoms with E-state index in [1.54, 1.807) is 36.4 Å². The first-order valence-corrected chi connectivity index (χ1v) is 7.08. The van der Waals surface area contributed by atoms with E-state index < -0.39 is 21.2 Å². The van der Waals surface area contributed by atoms with E-state index in [0.29, 0.717) is 5.69 Å². The summed E-state index contributed by atoms with van der Waals surface area (Å²) in [6, 6.07) is 9.80. The van der Waals surface area contributed by atoms with E-state index >= 15 is 0 Å². The summed E-state index contributed by atoms with van der Waals surface area (Å²) in [7, 11) is -3.89. The van der Waals surface area contributed by atoms with Gasteiger partial charge in [0.15, 0.2) is 5.25 Å². The third kappa shape index (κ3) is 3.69. The van der Waals surface area contributed by atoms with Crippen molar-refractivity contribution in [3.8, 4) is 6.07 Å². The largest absolute Gasteiger partial charge is 0.481 e. The van der Waals surface area contributed by atoms with Gasteiger partial charge >= 0.3 is 5.97 Å². The number of hydrogen-bond acceptors (Lipinski definition) is 4. The van der Waals surface area contributed by atoms with E-state index in [0.717, 1.165) is 4.31 Å². The Balaban J connectivity index is 3.14. The van der Waals surface area contributed by atoms with Crippen molar-refractivity contribution in [1.29, 1.82) is 5.26 Å². The van der Waals surface area contributed by atoms with Crippen molar-refractivity contribution in [3.05, 3.63) is 30.3 Å². The van der Waals surface area contributed by atoms with Crippen LogP contribution in [0.4, 0.5) is 5.69 Å². The molecule has 0 aliphatic rings. The molecule has 0 fully saturated rings. The summed E-state index contributed by atoms with van der Waals surface area (Å²) in [6.07, 6.45) is -0.327. The maximum atomic E-state index is 12.2. The number of carboxylic acids is 1. The number of para-hydroxylation sites is 1. The molecule has 1 aromatic carbocycles. The summed E-state index contributed by atoms with van der Waals surface area (Å²) < 4.78 is 25.3. The number of nitrogens with zero attached hydrogens (tertiary/aromatic N) is 2. The molecular weight excluding hydrogens is 268 g/mol. The molecule has 6 nitrogen and oxygen atoms in total. The van der Waals surface area contributed by atoms with Gasteiger partial charge in [0.1, 0.15) is 0 Å². The molecule has 1 aromatic rings. The van der Waals surface area contributed by atoms with Crippen molar-refractivity contribution in [2.75, 3.05) is 10.8 Å². The van der Waals surface area contributed by atoms with Crippen LogP contribution in [-0.4, -0.2) is 31.3 Å². The number of nitriles is 1. The van der Waals surface area contributed by atoms with Gasteiger partial charge in [-0.3, -0.25) is 9.10 Å². The Bertz CT molecular complexity index is 577. The minimum absolute atomic E-state index is 0.201. The first-order valence-electron chi connectivity index (χ1n) is 5.57. The molecule has 0 aliphatic carbocycles. The monoisotopic (exact) mass is 282 g/mol. The fraction of sp³-hybridized carbons (Fsp3) is 0.333. The Kier molecular flexibility index (Phi) is 4.89. The summed E-state index contributed by atoms with van der Waals surface area (Å²) in [5.41, 5.74) is 0.353. The molecular formula is C12H14N2O4S. The van der Waals surface area contributed by atoms with Crippen LogP contribution in [0.1, 0.15) is 13.3 Å². The molecule has 1 rings (SSSR count). The fourth-order valence-corrected chi connectivity index (χ4v) is 2.73. The molecule has 0 saturated carbocycles. The maximum absolute atomic E-state index is 12.2.